The summed E-state index contributed by atoms with van der Waals surface area (Å²) in [5, 5.41) is 8.82. The maximum atomic E-state index is 12.9. The van der Waals surface area contributed by atoms with Gasteiger partial charge in [-0.2, -0.15) is 9.57 Å². The third-order valence-electron chi connectivity index (χ3n) is 5.44. The SMILES string of the molecule is CC(C)c1ccc(S(=O)(=O)N2CCC(C(=O)OCc3ccc(C#N)cc3)CC2)cc1. The zero-order valence-electron chi connectivity index (χ0n) is 17.2. The quantitative estimate of drug-likeness (QED) is 0.655. The molecule has 158 valence electrons. The van der Waals surface area contributed by atoms with Crippen LogP contribution in [0.4, 0.5) is 0 Å². The third kappa shape index (κ3) is 5.07. The van der Waals surface area contributed by atoms with E-state index in [1.165, 1.54) is 4.31 Å². The van der Waals surface area contributed by atoms with Gasteiger partial charge >= 0.3 is 5.97 Å². The van der Waals surface area contributed by atoms with Crippen LogP contribution in [0.25, 0.3) is 0 Å². The van der Waals surface area contributed by atoms with Gasteiger partial charge in [0.15, 0.2) is 0 Å². The summed E-state index contributed by atoms with van der Waals surface area (Å²) in [5.41, 5.74) is 2.46. The molecule has 0 atom stereocenters. The van der Waals surface area contributed by atoms with Gasteiger partial charge in [0.05, 0.1) is 22.4 Å². The summed E-state index contributed by atoms with van der Waals surface area (Å²) in [6.07, 6.45) is 0.880. The maximum Gasteiger partial charge on any atom is 0.309 e. The predicted octanol–water partition coefficient (Wildman–Crippen LogP) is 3.83. The summed E-state index contributed by atoms with van der Waals surface area (Å²) >= 11 is 0. The third-order valence-corrected chi connectivity index (χ3v) is 7.35. The number of esters is 1. The van der Waals surface area contributed by atoms with Crippen LogP contribution in [0.3, 0.4) is 0 Å². The van der Waals surface area contributed by atoms with Crippen LogP contribution in [-0.4, -0.2) is 31.8 Å². The Bertz CT molecular complexity index is 1010. The van der Waals surface area contributed by atoms with E-state index in [1.807, 2.05) is 18.2 Å². The highest BCUT2D eigenvalue weighted by Gasteiger charge is 2.32. The second kappa shape index (κ2) is 9.41. The highest BCUT2D eigenvalue weighted by molar-refractivity contribution is 7.89. The van der Waals surface area contributed by atoms with Crippen molar-refractivity contribution in [2.45, 2.75) is 44.1 Å². The van der Waals surface area contributed by atoms with Crippen LogP contribution in [-0.2, 0) is 26.2 Å². The average Bonchev–Trinajstić information content (AvgIpc) is 2.78. The van der Waals surface area contributed by atoms with Gasteiger partial charge in [-0.15, -0.1) is 0 Å². The number of hydrogen-bond acceptors (Lipinski definition) is 5. The number of nitrogens with zero attached hydrogens (tertiary/aromatic N) is 2. The van der Waals surface area contributed by atoms with Crippen molar-refractivity contribution in [3.05, 3.63) is 65.2 Å². The van der Waals surface area contributed by atoms with Gasteiger partial charge in [-0.1, -0.05) is 38.1 Å². The minimum atomic E-state index is -3.56. The standard InChI is InChI=1S/C23H26N2O4S/c1-17(2)20-7-9-22(10-8-20)30(27,28)25-13-11-21(12-14-25)23(26)29-16-19-5-3-18(15-24)4-6-19/h3-10,17,21H,11-14,16H2,1-2H3. The molecule has 2 aromatic rings. The van der Waals surface area contributed by atoms with E-state index in [1.54, 1.807) is 36.4 Å². The molecule has 0 N–H and O–H groups in total. The normalized spacial score (nSPS) is 15.7. The van der Waals surface area contributed by atoms with Crippen LogP contribution < -0.4 is 0 Å². The molecule has 0 unspecified atom stereocenters. The van der Waals surface area contributed by atoms with Gasteiger partial charge in [0, 0.05) is 13.1 Å². The highest BCUT2D eigenvalue weighted by Crippen LogP contribution is 2.26. The molecule has 1 fully saturated rings. The lowest BCUT2D eigenvalue weighted by atomic mass is 9.98. The molecule has 1 saturated heterocycles. The van der Waals surface area contributed by atoms with Crippen molar-refractivity contribution < 1.29 is 17.9 Å². The summed E-state index contributed by atoms with van der Waals surface area (Å²) in [5.74, 6) is -0.274. The molecule has 1 aliphatic rings. The van der Waals surface area contributed by atoms with E-state index >= 15 is 0 Å². The molecule has 7 heteroatoms. The Morgan fingerprint density at radius 2 is 1.70 bits per heavy atom. The second-order valence-corrected chi connectivity index (χ2v) is 9.76. The molecule has 0 amide bonds. The Kier molecular flexibility index (Phi) is 6.91. The first-order valence-electron chi connectivity index (χ1n) is 10.1. The smallest absolute Gasteiger partial charge is 0.309 e. The van der Waals surface area contributed by atoms with Gasteiger partial charge in [-0.05, 0) is 54.2 Å². The minimum absolute atomic E-state index is 0.144. The lowest BCUT2D eigenvalue weighted by Gasteiger charge is -2.30. The fourth-order valence-electron chi connectivity index (χ4n) is 3.45. The minimum Gasteiger partial charge on any atom is -0.461 e. The lowest BCUT2D eigenvalue weighted by molar-refractivity contribution is -0.151. The Morgan fingerprint density at radius 1 is 1.10 bits per heavy atom. The molecule has 0 spiro atoms. The lowest BCUT2D eigenvalue weighted by Crippen LogP contribution is -2.40. The Balaban J connectivity index is 1.54. The van der Waals surface area contributed by atoms with Crippen LogP contribution in [0.2, 0.25) is 0 Å². The first-order chi connectivity index (χ1) is 14.3. The monoisotopic (exact) mass is 426 g/mol. The van der Waals surface area contributed by atoms with Crippen molar-refractivity contribution in [1.82, 2.24) is 4.31 Å². The van der Waals surface area contributed by atoms with Crippen LogP contribution >= 0.6 is 0 Å². The van der Waals surface area contributed by atoms with Crippen molar-refractivity contribution >= 4 is 16.0 Å². The van der Waals surface area contributed by atoms with Gasteiger partial charge in [0.25, 0.3) is 0 Å². The van der Waals surface area contributed by atoms with Crippen molar-refractivity contribution in [3.8, 4) is 6.07 Å². The Labute approximate surface area is 178 Å². The molecule has 1 heterocycles. The van der Waals surface area contributed by atoms with Crippen LogP contribution in [0.1, 0.15) is 49.3 Å². The zero-order chi connectivity index (χ0) is 21.7. The molecule has 2 aromatic carbocycles. The molecule has 0 aromatic heterocycles. The molecule has 0 aliphatic carbocycles. The number of rotatable bonds is 6. The number of hydrogen-bond donors (Lipinski definition) is 0. The first kappa shape index (κ1) is 22.0. The molecule has 0 bridgehead atoms. The van der Waals surface area contributed by atoms with Crippen LogP contribution in [0.15, 0.2) is 53.4 Å². The summed E-state index contributed by atoms with van der Waals surface area (Å²) < 4.78 is 32.6. The molecular formula is C23H26N2O4S. The zero-order valence-corrected chi connectivity index (χ0v) is 18.1. The van der Waals surface area contributed by atoms with Gasteiger partial charge in [0.2, 0.25) is 10.0 Å². The molecular weight excluding hydrogens is 400 g/mol. The summed E-state index contributed by atoms with van der Waals surface area (Å²) in [4.78, 5) is 12.7. The predicted molar refractivity (Wildman–Crippen MR) is 113 cm³/mol. The van der Waals surface area contributed by atoms with Crippen LogP contribution in [0.5, 0.6) is 0 Å². The van der Waals surface area contributed by atoms with Gasteiger partial charge in [0.1, 0.15) is 6.61 Å². The van der Waals surface area contributed by atoms with E-state index in [0.717, 1.165) is 11.1 Å². The van der Waals surface area contributed by atoms with E-state index in [0.29, 0.717) is 37.4 Å². The number of carbonyl (C=O) groups excluding carboxylic acids is 1. The number of benzene rings is 2. The fourth-order valence-corrected chi connectivity index (χ4v) is 4.92. The summed E-state index contributed by atoms with van der Waals surface area (Å²) in [7, 11) is -3.56. The van der Waals surface area contributed by atoms with E-state index < -0.39 is 10.0 Å². The molecule has 30 heavy (non-hydrogen) atoms. The topological polar surface area (TPSA) is 87.5 Å². The van der Waals surface area contributed by atoms with Crippen molar-refractivity contribution in [1.29, 1.82) is 5.26 Å². The summed E-state index contributed by atoms with van der Waals surface area (Å²) in [6, 6.07) is 15.9. The molecule has 3 rings (SSSR count). The largest absolute Gasteiger partial charge is 0.461 e. The van der Waals surface area contributed by atoms with E-state index in [4.69, 9.17) is 10.00 Å². The number of piperidine rings is 1. The molecule has 1 aliphatic heterocycles. The number of carbonyl (C=O) groups is 1. The molecule has 0 saturated carbocycles. The summed E-state index contributed by atoms with van der Waals surface area (Å²) in [6.45, 7) is 4.87. The molecule has 6 nitrogen and oxygen atoms in total. The average molecular weight is 427 g/mol. The van der Waals surface area contributed by atoms with Gasteiger partial charge in [-0.3, -0.25) is 4.79 Å². The van der Waals surface area contributed by atoms with E-state index in [2.05, 4.69) is 13.8 Å². The van der Waals surface area contributed by atoms with E-state index in [-0.39, 0.29) is 23.4 Å². The van der Waals surface area contributed by atoms with E-state index in [9.17, 15) is 13.2 Å². The highest BCUT2D eigenvalue weighted by atomic mass is 32.2. The molecule has 0 radical (unpaired) electrons. The van der Waals surface area contributed by atoms with Crippen LogP contribution in [0, 0.1) is 17.2 Å². The second-order valence-electron chi connectivity index (χ2n) is 7.82. The first-order valence-corrected chi connectivity index (χ1v) is 11.5. The maximum absolute atomic E-state index is 12.9. The van der Waals surface area contributed by atoms with Crippen molar-refractivity contribution in [2.75, 3.05) is 13.1 Å². The Hall–Kier alpha value is -2.69. The van der Waals surface area contributed by atoms with Crippen molar-refractivity contribution in [3.63, 3.8) is 0 Å². The fraction of sp³-hybridized carbons (Fsp3) is 0.391. The number of ether oxygens (including phenoxy) is 1. The Morgan fingerprint density at radius 3 is 2.23 bits per heavy atom. The number of nitriles is 1. The number of sulfonamides is 1. The van der Waals surface area contributed by atoms with Gasteiger partial charge < -0.3 is 4.74 Å². The van der Waals surface area contributed by atoms with Gasteiger partial charge in [-0.25, -0.2) is 8.42 Å². The van der Waals surface area contributed by atoms with Crippen molar-refractivity contribution in [2.24, 2.45) is 5.92 Å².